The van der Waals surface area contributed by atoms with Gasteiger partial charge >= 0.3 is 0 Å². The van der Waals surface area contributed by atoms with Crippen molar-refractivity contribution in [3.05, 3.63) is 28.3 Å². The summed E-state index contributed by atoms with van der Waals surface area (Å²) in [5, 5.41) is 13.5. The lowest BCUT2D eigenvalue weighted by atomic mass is 9.85. The number of ether oxygens (including phenoxy) is 2. The normalized spacial score (nSPS) is 14.1. The van der Waals surface area contributed by atoms with Crippen molar-refractivity contribution in [3.63, 3.8) is 0 Å². The molecule has 1 fully saturated rings. The lowest BCUT2D eigenvalue weighted by Crippen LogP contribution is -2.35. The average molecular weight is 294 g/mol. The number of hydrogen-bond acceptors (Lipinski definition) is 5. The fourth-order valence-electron chi connectivity index (χ4n) is 2.04. The van der Waals surface area contributed by atoms with Crippen LogP contribution in [0.2, 0.25) is 0 Å². The highest BCUT2D eigenvalue weighted by Gasteiger charge is 2.18. The van der Waals surface area contributed by atoms with Crippen LogP contribution in [0.3, 0.4) is 0 Å². The average Bonchev–Trinajstić information content (AvgIpc) is 2.43. The van der Waals surface area contributed by atoms with Gasteiger partial charge in [0.2, 0.25) is 0 Å². The Balaban J connectivity index is 1.89. The van der Waals surface area contributed by atoms with Crippen molar-refractivity contribution in [1.82, 2.24) is 5.32 Å². The maximum Gasteiger partial charge on any atom is 0.273 e. The predicted molar refractivity (Wildman–Crippen MR) is 75.5 cm³/mol. The minimum absolute atomic E-state index is 0.110. The molecular weight excluding hydrogens is 276 g/mol. The number of amides is 1. The van der Waals surface area contributed by atoms with Crippen LogP contribution < -0.4 is 14.8 Å². The van der Waals surface area contributed by atoms with Crippen LogP contribution >= 0.6 is 0 Å². The molecule has 0 heterocycles. The molecule has 0 atom stereocenters. The van der Waals surface area contributed by atoms with Crippen LogP contribution in [0.25, 0.3) is 0 Å². The van der Waals surface area contributed by atoms with E-state index in [0.717, 1.165) is 12.8 Å². The summed E-state index contributed by atoms with van der Waals surface area (Å²) in [4.78, 5) is 21.9. The Morgan fingerprint density at radius 3 is 2.76 bits per heavy atom. The Bertz CT molecular complexity index is 528. The Morgan fingerprint density at radius 1 is 1.43 bits per heavy atom. The minimum Gasteiger partial charge on any atom is -0.493 e. The number of hydrogen-bond donors (Lipinski definition) is 1. The van der Waals surface area contributed by atoms with Gasteiger partial charge in [0.25, 0.3) is 11.6 Å². The van der Waals surface area contributed by atoms with Crippen molar-refractivity contribution in [3.8, 4) is 11.5 Å². The third kappa shape index (κ3) is 4.08. The number of carbonyl (C=O) groups is 1. The molecule has 114 valence electrons. The Morgan fingerprint density at radius 2 is 2.19 bits per heavy atom. The second kappa shape index (κ2) is 6.92. The standard InChI is InChI=1S/C14H18N2O5/c1-20-12-6-5-11(16(18)19)7-13(12)21-9-14(17)15-8-10-3-2-4-10/h5-7,10H,2-4,8-9H2,1H3,(H,15,17). The van der Waals surface area contributed by atoms with Gasteiger partial charge < -0.3 is 14.8 Å². The molecule has 21 heavy (non-hydrogen) atoms. The van der Waals surface area contributed by atoms with Gasteiger partial charge in [-0.2, -0.15) is 0 Å². The molecule has 1 aliphatic carbocycles. The van der Waals surface area contributed by atoms with Crippen molar-refractivity contribution in [1.29, 1.82) is 0 Å². The summed E-state index contributed by atoms with van der Waals surface area (Å²) < 4.78 is 10.4. The molecular formula is C14H18N2O5. The van der Waals surface area contributed by atoms with Gasteiger partial charge in [-0.15, -0.1) is 0 Å². The van der Waals surface area contributed by atoms with Crippen LogP contribution in [0.15, 0.2) is 18.2 Å². The van der Waals surface area contributed by atoms with E-state index in [-0.39, 0.29) is 24.0 Å². The van der Waals surface area contributed by atoms with E-state index in [1.807, 2.05) is 0 Å². The van der Waals surface area contributed by atoms with Crippen LogP contribution in [0.1, 0.15) is 19.3 Å². The van der Waals surface area contributed by atoms with Gasteiger partial charge in [0, 0.05) is 12.6 Å². The molecule has 0 unspecified atom stereocenters. The third-order valence-electron chi connectivity index (χ3n) is 3.53. The number of nitrogens with one attached hydrogen (secondary N) is 1. The summed E-state index contributed by atoms with van der Waals surface area (Å²) in [6.45, 7) is 0.471. The zero-order valence-corrected chi connectivity index (χ0v) is 11.8. The van der Waals surface area contributed by atoms with Crippen LogP contribution in [-0.2, 0) is 4.79 Å². The second-order valence-electron chi connectivity index (χ2n) is 4.98. The SMILES string of the molecule is COc1ccc([N+](=O)[O-])cc1OCC(=O)NCC1CCC1. The Labute approximate surface area is 122 Å². The quantitative estimate of drug-likeness (QED) is 0.612. The molecule has 0 aromatic heterocycles. The fraction of sp³-hybridized carbons (Fsp3) is 0.500. The first-order valence-electron chi connectivity index (χ1n) is 6.82. The molecule has 7 nitrogen and oxygen atoms in total. The maximum atomic E-state index is 11.7. The second-order valence-corrected chi connectivity index (χ2v) is 4.98. The molecule has 1 aliphatic rings. The van der Waals surface area contributed by atoms with Crippen molar-refractivity contribution in [2.75, 3.05) is 20.3 Å². The molecule has 1 aromatic carbocycles. The molecule has 0 radical (unpaired) electrons. The van der Waals surface area contributed by atoms with E-state index < -0.39 is 4.92 Å². The number of benzene rings is 1. The summed E-state index contributed by atoms with van der Waals surface area (Å²) >= 11 is 0. The number of carbonyl (C=O) groups excluding carboxylic acids is 1. The van der Waals surface area contributed by atoms with Gasteiger partial charge in [-0.25, -0.2) is 0 Å². The van der Waals surface area contributed by atoms with E-state index in [1.165, 1.54) is 31.7 Å². The first-order valence-corrected chi connectivity index (χ1v) is 6.82. The Kier molecular flexibility index (Phi) is 4.97. The number of rotatable bonds is 7. The number of methoxy groups -OCH3 is 1. The molecule has 2 rings (SSSR count). The van der Waals surface area contributed by atoms with Crippen molar-refractivity contribution >= 4 is 11.6 Å². The van der Waals surface area contributed by atoms with Crippen LogP contribution in [0.4, 0.5) is 5.69 Å². The summed E-state index contributed by atoms with van der Waals surface area (Å²) in [5.74, 6) is 0.870. The summed E-state index contributed by atoms with van der Waals surface area (Å²) in [6, 6.07) is 4.01. The number of nitro groups is 1. The van der Waals surface area contributed by atoms with Gasteiger partial charge in [-0.1, -0.05) is 6.42 Å². The molecule has 1 N–H and O–H groups in total. The van der Waals surface area contributed by atoms with Crippen LogP contribution in [0.5, 0.6) is 11.5 Å². The van der Waals surface area contributed by atoms with Crippen LogP contribution in [-0.4, -0.2) is 31.1 Å². The van der Waals surface area contributed by atoms with E-state index in [2.05, 4.69) is 5.32 Å². The van der Waals surface area contributed by atoms with Gasteiger partial charge in [-0.3, -0.25) is 14.9 Å². The summed E-state index contributed by atoms with van der Waals surface area (Å²) in [6.07, 6.45) is 3.53. The highest BCUT2D eigenvalue weighted by Crippen LogP contribution is 2.31. The first kappa shape index (κ1) is 15.1. The predicted octanol–water partition coefficient (Wildman–Crippen LogP) is 1.90. The maximum absolute atomic E-state index is 11.7. The van der Waals surface area contributed by atoms with E-state index in [0.29, 0.717) is 18.2 Å². The lowest BCUT2D eigenvalue weighted by Gasteiger charge is -2.25. The summed E-state index contributed by atoms with van der Waals surface area (Å²) in [5.41, 5.74) is -0.110. The monoisotopic (exact) mass is 294 g/mol. The number of nitro benzene ring substituents is 1. The lowest BCUT2D eigenvalue weighted by molar-refractivity contribution is -0.385. The number of nitrogens with zero attached hydrogens (tertiary/aromatic N) is 1. The molecule has 0 bridgehead atoms. The van der Waals surface area contributed by atoms with E-state index in [9.17, 15) is 14.9 Å². The smallest absolute Gasteiger partial charge is 0.273 e. The topological polar surface area (TPSA) is 90.7 Å². The molecule has 1 amide bonds. The van der Waals surface area contributed by atoms with E-state index in [1.54, 1.807) is 0 Å². The van der Waals surface area contributed by atoms with E-state index in [4.69, 9.17) is 9.47 Å². The highest BCUT2D eigenvalue weighted by molar-refractivity contribution is 5.77. The molecule has 1 saturated carbocycles. The molecule has 0 aliphatic heterocycles. The molecule has 1 aromatic rings. The molecule has 7 heteroatoms. The van der Waals surface area contributed by atoms with Gasteiger partial charge in [0.15, 0.2) is 18.1 Å². The van der Waals surface area contributed by atoms with Crippen LogP contribution in [0, 0.1) is 16.0 Å². The largest absolute Gasteiger partial charge is 0.493 e. The van der Waals surface area contributed by atoms with Crippen molar-refractivity contribution in [2.45, 2.75) is 19.3 Å². The highest BCUT2D eigenvalue weighted by atomic mass is 16.6. The molecule has 0 saturated heterocycles. The third-order valence-corrected chi connectivity index (χ3v) is 3.53. The number of non-ortho nitro benzene ring substituents is 1. The minimum atomic E-state index is -0.525. The zero-order chi connectivity index (χ0) is 15.2. The summed E-state index contributed by atoms with van der Waals surface area (Å²) in [7, 11) is 1.44. The van der Waals surface area contributed by atoms with Gasteiger partial charge in [0.1, 0.15) is 0 Å². The van der Waals surface area contributed by atoms with Gasteiger partial charge in [-0.05, 0) is 24.8 Å². The van der Waals surface area contributed by atoms with E-state index >= 15 is 0 Å². The van der Waals surface area contributed by atoms with Gasteiger partial charge in [0.05, 0.1) is 18.1 Å². The first-order chi connectivity index (χ1) is 10.1. The van der Waals surface area contributed by atoms with Crippen molar-refractivity contribution in [2.24, 2.45) is 5.92 Å². The molecule has 0 spiro atoms. The Hall–Kier alpha value is -2.31. The fourth-order valence-corrected chi connectivity index (χ4v) is 2.04. The zero-order valence-electron chi connectivity index (χ0n) is 11.8. The van der Waals surface area contributed by atoms with Crippen molar-refractivity contribution < 1.29 is 19.2 Å².